The van der Waals surface area contributed by atoms with Gasteiger partial charge in [0.2, 0.25) is 11.9 Å². The summed E-state index contributed by atoms with van der Waals surface area (Å²) in [6, 6.07) is 5.33. The van der Waals surface area contributed by atoms with Gasteiger partial charge in [0.1, 0.15) is 17.7 Å². The summed E-state index contributed by atoms with van der Waals surface area (Å²) in [7, 11) is 0. The first-order valence-electron chi connectivity index (χ1n) is 8.89. The molecule has 1 aliphatic rings. The molecular weight excluding hydrogens is 370 g/mol. The molecule has 0 saturated carbocycles. The molecule has 146 valence electrons. The summed E-state index contributed by atoms with van der Waals surface area (Å²) in [5.74, 6) is -2.48. The monoisotopic (exact) mass is 388 g/mol. The van der Waals surface area contributed by atoms with Crippen LogP contribution >= 0.6 is 0 Å². The number of carbonyl (C=O) groups excluding carboxylic acids is 1. The van der Waals surface area contributed by atoms with Gasteiger partial charge in [0.05, 0.1) is 17.2 Å². The lowest BCUT2D eigenvalue weighted by Gasteiger charge is -2.18. The molecule has 0 aliphatic carbocycles. The number of anilines is 1. The van der Waals surface area contributed by atoms with Crippen LogP contribution in [0.1, 0.15) is 25.1 Å². The lowest BCUT2D eigenvalue weighted by atomic mass is 9.98. The number of ether oxygens (including phenoxy) is 1. The van der Waals surface area contributed by atoms with Crippen LogP contribution < -0.4 is 5.32 Å². The zero-order valence-electron chi connectivity index (χ0n) is 15.0. The molecule has 1 aliphatic heterocycles. The molecule has 2 atom stereocenters. The van der Waals surface area contributed by atoms with E-state index in [0.717, 1.165) is 17.8 Å². The van der Waals surface area contributed by atoms with E-state index in [0.29, 0.717) is 19.6 Å². The molecule has 8 nitrogen and oxygen atoms in total. The molecule has 3 heterocycles. The summed E-state index contributed by atoms with van der Waals surface area (Å²) < 4.78 is 35.3. The van der Waals surface area contributed by atoms with E-state index in [1.165, 1.54) is 6.07 Å². The third-order valence-electron chi connectivity index (χ3n) is 4.69. The Morgan fingerprint density at radius 3 is 2.89 bits per heavy atom. The molecule has 2 aromatic heterocycles. The maximum absolute atomic E-state index is 13.9. The van der Waals surface area contributed by atoms with Crippen LogP contribution in [0.5, 0.6) is 0 Å². The van der Waals surface area contributed by atoms with Gasteiger partial charge in [-0.2, -0.15) is 10.1 Å². The topological polar surface area (TPSA) is 97.7 Å². The molecule has 3 aromatic rings. The molecule has 0 bridgehead atoms. The molecule has 0 spiro atoms. The average Bonchev–Trinajstić information content (AvgIpc) is 3.41. The molecule has 28 heavy (non-hydrogen) atoms. The fraction of sp³-hybridized carbons (Fsp3) is 0.333. The van der Waals surface area contributed by atoms with Crippen molar-refractivity contribution >= 4 is 11.9 Å². The van der Waals surface area contributed by atoms with Crippen molar-refractivity contribution in [2.24, 2.45) is 5.92 Å². The highest BCUT2D eigenvalue weighted by molar-refractivity contribution is 5.91. The van der Waals surface area contributed by atoms with Crippen molar-refractivity contribution in [1.82, 2.24) is 25.0 Å². The zero-order valence-corrected chi connectivity index (χ0v) is 15.0. The van der Waals surface area contributed by atoms with Crippen LogP contribution in [0.2, 0.25) is 0 Å². The largest absolute Gasteiger partial charge is 0.371 e. The number of aromatic nitrogens is 5. The minimum atomic E-state index is -0.772. The van der Waals surface area contributed by atoms with E-state index in [4.69, 9.17) is 4.74 Å². The molecule has 1 amide bonds. The summed E-state index contributed by atoms with van der Waals surface area (Å²) >= 11 is 0. The van der Waals surface area contributed by atoms with Crippen molar-refractivity contribution in [2.45, 2.75) is 26.0 Å². The normalized spacial score (nSPS) is 19.1. The predicted molar refractivity (Wildman–Crippen MR) is 95.1 cm³/mol. The summed E-state index contributed by atoms with van der Waals surface area (Å²) in [6.45, 7) is 3.06. The molecule has 0 unspecified atom stereocenters. The van der Waals surface area contributed by atoms with Gasteiger partial charge >= 0.3 is 0 Å². The van der Waals surface area contributed by atoms with E-state index in [-0.39, 0.29) is 23.2 Å². The van der Waals surface area contributed by atoms with Crippen molar-refractivity contribution < 1.29 is 18.3 Å². The van der Waals surface area contributed by atoms with E-state index < -0.39 is 23.7 Å². The van der Waals surface area contributed by atoms with Gasteiger partial charge in [-0.25, -0.2) is 8.78 Å². The molecule has 0 radical (unpaired) electrons. The first-order valence-corrected chi connectivity index (χ1v) is 8.89. The van der Waals surface area contributed by atoms with Gasteiger partial charge < -0.3 is 4.74 Å². The van der Waals surface area contributed by atoms with Crippen LogP contribution in [-0.2, 0) is 16.1 Å². The maximum Gasteiger partial charge on any atom is 0.249 e. The Hall–Kier alpha value is -3.14. The van der Waals surface area contributed by atoms with Gasteiger partial charge in [-0.1, -0.05) is 6.07 Å². The Labute approximate surface area is 158 Å². The summed E-state index contributed by atoms with van der Waals surface area (Å²) in [5.41, 5.74) is 0.494. The number of nitrogens with one attached hydrogen (secondary N) is 2. The van der Waals surface area contributed by atoms with Crippen LogP contribution in [0.15, 0.2) is 30.5 Å². The molecule has 10 heteroatoms. The smallest absolute Gasteiger partial charge is 0.249 e. The summed E-state index contributed by atoms with van der Waals surface area (Å²) in [4.78, 5) is 16.7. The van der Waals surface area contributed by atoms with E-state index in [2.05, 4.69) is 25.6 Å². The second-order valence-corrected chi connectivity index (χ2v) is 6.35. The van der Waals surface area contributed by atoms with Gasteiger partial charge in [-0.15, -0.1) is 5.10 Å². The quantitative estimate of drug-likeness (QED) is 0.700. The number of rotatable bonds is 5. The van der Waals surface area contributed by atoms with Gasteiger partial charge in [0, 0.05) is 19.3 Å². The van der Waals surface area contributed by atoms with E-state index in [1.807, 2.05) is 13.0 Å². The summed E-state index contributed by atoms with van der Waals surface area (Å²) in [5, 5.41) is 13.1. The number of carbonyl (C=O) groups is 1. The van der Waals surface area contributed by atoms with E-state index in [1.54, 1.807) is 10.9 Å². The minimum Gasteiger partial charge on any atom is -0.371 e. The fourth-order valence-corrected chi connectivity index (χ4v) is 3.35. The molecule has 1 fully saturated rings. The number of aryl methyl sites for hydroxylation is 1. The lowest BCUT2D eigenvalue weighted by Crippen LogP contribution is -2.27. The number of hydrogen-bond acceptors (Lipinski definition) is 5. The number of hydrogen-bond donors (Lipinski definition) is 2. The highest BCUT2D eigenvalue weighted by Crippen LogP contribution is 2.35. The maximum atomic E-state index is 13.9. The Kier molecular flexibility index (Phi) is 4.86. The SMILES string of the molecule is CCn1nccc1[C@@H]1OCC[C@H]1C(=O)Nc1n[nH]c(-c2c(F)cccc2F)n1. The standard InChI is InChI=1S/C18H18F2N6O2/c1-2-26-13(6-8-21-26)15-10(7-9-28-15)17(27)23-18-22-16(24-25-18)14-11(19)4-3-5-12(14)20/h3-6,8,10,15H,2,7,9H2,1H3,(H2,22,23,24,25,27)/t10-,15-/m1/s1. The summed E-state index contributed by atoms with van der Waals surface area (Å²) in [6.07, 6.45) is 1.77. The first-order chi connectivity index (χ1) is 13.6. The Bertz CT molecular complexity index is 981. The zero-order chi connectivity index (χ0) is 19.7. The van der Waals surface area contributed by atoms with E-state index >= 15 is 0 Å². The Morgan fingerprint density at radius 1 is 1.36 bits per heavy atom. The predicted octanol–water partition coefficient (Wildman–Crippen LogP) is 2.68. The van der Waals surface area contributed by atoms with Gasteiger partial charge in [-0.05, 0) is 31.5 Å². The van der Waals surface area contributed by atoms with Crippen LogP contribution in [-0.4, -0.2) is 37.5 Å². The van der Waals surface area contributed by atoms with E-state index in [9.17, 15) is 13.6 Å². The fourth-order valence-electron chi connectivity index (χ4n) is 3.35. The lowest BCUT2D eigenvalue weighted by molar-refractivity contribution is -0.121. The Morgan fingerprint density at radius 2 is 2.14 bits per heavy atom. The molecule has 2 N–H and O–H groups in total. The molecular formula is C18H18F2N6O2. The highest BCUT2D eigenvalue weighted by Gasteiger charge is 2.37. The second kappa shape index (κ2) is 7.47. The number of H-pyrrole nitrogens is 1. The second-order valence-electron chi connectivity index (χ2n) is 6.35. The van der Waals surface area contributed by atoms with Crippen LogP contribution in [0.4, 0.5) is 14.7 Å². The third-order valence-corrected chi connectivity index (χ3v) is 4.69. The Balaban J connectivity index is 1.52. The molecule has 1 aromatic carbocycles. The van der Waals surface area contributed by atoms with Gasteiger partial charge in [-0.3, -0.25) is 19.9 Å². The van der Waals surface area contributed by atoms with Crippen molar-refractivity contribution in [3.8, 4) is 11.4 Å². The highest BCUT2D eigenvalue weighted by atomic mass is 19.1. The minimum absolute atomic E-state index is 0.0581. The molecule has 1 saturated heterocycles. The van der Waals surface area contributed by atoms with Gasteiger partial charge in [0.15, 0.2) is 5.82 Å². The molecule has 4 rings (SSSR count). The van der Waals surface area contributed by atoms with Crippen LogP contribution in [0, 0.1) is 17.6 Å². The van der Waals surface area contributed by atoms with Crippen molar-refractivity contribution in [2.75, 3.05) is 11.9 Å². The van der Waals surface area contributed by atoms with Crippen LogP contribution in [0.3, 0.4) is 0 Å². The first kappa shape index (κ1) is 18.2. The number of halogens is 2. The number of nitrogens with zero attached hydrogens (tertiary/aromatic N) is 4. The van der Waals surface area contributed by atoms with Gasteiger partial charge in [0.25, 0.3) is 0 Å². The third kappa shape index (κ3) is 3.26. The van der Waals surface area contributed by atoms with Crippen molar-refractivity contribution in [3.05, 3.63) is 47.8 Å². The number of amides is 1. The van der Waals surface area contributed by atoms with Crippen molar-refractivity contribution in [3.63, 3.8) is 0 Å². The van der Waals surface area contributed by atoms with Crippen molar-refractivity contribution in [1.29, 1.82) is 0 Å². The number of benzene rings is 1. The van der Waals surface area contributed by atoms with Crippen LogP contribution in [0.25, 0.3) is 11.4 Å². The number of aromatic amines is 1. The average molecular weight is 388 g/mol.